The summed E-state index contributed by atoms with van der Waals surface area (Å²) in [5.41, 5.74) is 1.74. The Balaban J connectivity index is 2.73. The molecule has 1 N–H and O–H groups in total. The monoisotopic (exact) mass is 235 g/mol. The third kappa shape index (κ3) is 4.31. The van der Waals surface area contributed by atoms with Crippen LogP contribution in [0.25, 0.3) is 0 Å². The fraction of sp³-hybridized carbons (Fsp3) is 0.467. The predicted molar refractivity (Wildman–Crippen MR) is 71.6 cm³/mol. The molecule has 1 atom stereocenters. The van der Waals surface area contributed by atoms with Gasteiger partial charge in [0.25, 0.3) is 0 Å². The molecule has 0 bridgehead atoms. The number of nitrogens with one attached hydrogen (secondary N) is 1. The van der Waals surface area contributed by atoms with E-state index in [2.05, 4.69) is 18.8 Å². The number of unbranched alkanes of at least 4 members (excludes halogenated alkanes) is 1. The van der Waals surface area contributed by atoms with Gasteiger partial charge in [-0.3, -0.25) is 0 Å². The largest absolute Gasteiger partial charge is 0.310 e. The van der Waals surface area contributed by atoms with Crippen molar-refractivity contribution in [2.75, 3.05) is 6.54 Å². The van der Waals surface area contributed by atoms with Gasteiger partial charge in [0, 0.05) is 6.04 Å². The van der Waals surface area contributed by atoms with Gasteiger partial charge in [-0.15, -0.1) is 6.58 Å². The lowest BCUT2D eigenvalue weighted by Crippen LogP contribution is -2.21. The van der Waals surface area contributed by atoms with Gasteiger partial charge in [0.2, 0.25) is 0 Å². The molecule has 1 aromatic rings. The van der Waals surface area contributed by atoms with Gasteiger partial charge < -0.3 is 5.32 Å². The molecule has 0 heterocycles. The first-order valence-corrected chi connectivity index (χ1v) is 6.29. The average molecular weight is 235 g/mol. The van der Waals surface area contributed by atoms with E-state index in [1.54, 1.807) is 13.0 Å². The van der Waals surface area contributed by atoms with Crippen LogP contribution in [0.4, 0.5) is 4.39 Å². The zero-order chi connectivity index (χ0) is 12.7. The molecule has 17 heavy (non-hydrogen) atoms. The predicted octanol–water partition coefficient (Wildman–Crippen LogP) is 4.14. The summed E-state index contributed by atoms with van der Waals surface area (Å²) in [7, 11) is 0. The van der Waals surface area contributed by atoms with E-state index >= 15 is 0 Å². The maximum absolute atomic E-state index is 13.5. The van der Waals surface area contributed by atoms with Gasteiger partial charge in [0.15, 0.2) is 0 Å². The highest BCUT2D eigenvalue weighted by Crippen LogP contribution is 2.21. The molecule has 0 spiro atoms. The number of halogens is 1. The van der Waals surface area contributed by atoms with Crippen LogP contribution in [0.3, 0.4) is 0 Å². The van der Waals surface area contributed by atoms with E-state index in [1.165, 1.54) is 0 Å². The van der Waals surface area contributed by atoms with Crippen LogP contribution in [-0.4, -0.2) is 6.54 Å². The number of aryl methyl sites for hydroxylation is 1. The van der Waals surface area contributed by atoms with E-state index in [0.29, 0.717) is 5.56 Å². The molecule has 0 saturated heterocycles. The minimum absolute atomic E-state index is 0.117. The molecule has 0 aliphatic heterocycles. The molecule has 0 aliphatic rings. The molecular weight excluding hydrogens is 213 g/mol. The zero-order valence-corrected chi connectivity index (χ0v) is 10.8. The number of hydrogen-bond acceptors (Lipinski definition) is 1. The summed E-state index contributed by atoms with van der Waals surface area (Å²) in [6.45, 7) is 8.48. The summed E-state index contributed by atoms with van der Waals surface area (Å²) in [4.78, 5) is 0. The summed E-state index contributed by atoms with van der Waals surface area (Å²) < 4.78 is 13.5. The van der Waals surface area contributed by atoms with Crippen LogP contribution in [-0.2, 0) is 0 Å². The molecule has 1 nitrogen and oxygen atoms in total. The molecular formula is C15H22FN. The minimum Gasteiger partial charge on any atom is -0.310 e. The van der Waals surface area contributed by atoms with Crippen LogP contribution in [0.1, 0.15) is 43.4 Å². The lowest BCUT2D eigenvalue weighted by molar-refractivity contribution is 0.496. The van der Waals surface area contributed by atoms with Gasteiger partial charge in [0.05, 0.1) is 0 Å². The minimum atomic E-state index is -0.117. The second-order valence-electron chi connectivity index (χ2n) is 4.34. The fourth-order valence-corrected chi connectivity index (χ4v) is 1.93. The van der Waals surface area contributed by atoms with Crippen LogP contribution < -0.4 is 5.32 Å². The topological polar surface area (TPSA) is 12.0 Å². The van der Waals surface area contributed by atoms with Crippen molar-refractivity contribution in [2.45, 2.75) is 39.2 Å². The smallest absolute Gasteiger partial charge is 0.126 e. The molecule has 0 aliphatic carbocycles. The number of allylic oxidation sites excluding steroid dienone is 1. The Labute approximate surface area is 104 Å². The molecule has 94 valence electrons. The summed E-state index contributed by atoms with van der Waals surface area (Å²) in [6.07, 6.45) is 5.04. The third-order valence-electron chi connectivity index (χ3n) is 2.95. The quantitative estimate of drug-likeness (QED) is 0.553. The first kappa shape index (κ1) is 13.9. The SMILES string of the molecule is C=CCCCC(NCC)c1ccc(C)c(F)c1. The van der Waals surface area contributed by atoms with Crippen LogP contribution in [0.15, 0.2) is 30.9 Å². The van der Waals surface area contributed by atoms with E-state index in [4.69, 9.17) is 0 Å². The average Bonchev–Trinajstić information content (AvgIpc) is 2.32. The Hall–Kier alpha value is -1.15. The summed E-state index contributed by atoms with van der Waals surface area (Å²) in [5, 5.41) is 3.40. The standard InChI is InChI=1S/C15H22FN/c1-4-6-7-8-15(17-5-2)13-10-9-12(3)14(16)11-13/h4,9-11,15,17H,1,5-8H2,2-3H3. The van der Waals surface area contributed by atoms with Crippen molar-refractivity contribution in [3.63, 3.8) is 0 Å². The van der Waals surface area contributed by atoms with Crippen molar-refractivity contribution in [1.82, 2.24) is 5.32 Å². The molecule has 2 heteroatoms. The molecule has 1 unspecified atom stereocenters. The first-order chi connectivity index (χ1) is 8.19. The van der Waals surface area contributed by atoms with Crippen molar-refractivity contribution in [1.29, 1.82) is 0 Å². The van der Waals surface area contributed by atoms with Gasteiger partial charge >= 0.3 is 0 Å². The highest BCUT2D eigenvalue weighted by molar-refractivity contribution is 5.25. The van der Waals surface area contributed by atoms with Crippen molar-refractivity contribution in [3.05, 3.63) is 47.8 Å². The first-order valence-electron chi connectivity index (χ1n) is 6.29. The highest BCUT2D eigenvalue weighted by Gasteiger charge is 2.11. The van der Waals surface area contributed by atoms with Crippen LogP contribution in [0.2, 0.25) is 0 Å². The summed E-state index contributed by atoms with van der Waals surface area (Å²) in [6, 6.07) is 5.76. The van der Waals surface area contributed by atoms with Gasteiger partial charge in [-0.1, -0.05) is 25.1 Å². The Morgan fingerprint density at radius 2 is 2.24 bits per heavy atom. The van der Waals surface area contributed by atoms with E-state index in [1.807, 2.05) is 18.2 Å². The van der Waals surface area contributed by atoms with Gasteiger partial charge in [0.1, 0.15) is 5.82 Å². The maximum atomic E-state index is 13.5. The lowest BCUT2D eigenvalue weighted by Gasteiger charge is -2.18. The number of rotatable bonds is 7. The van der Waals surface area contributed by atoms with Crippen LogP contribution >= 0.6 is 0 Å². The van der Waals surface area contributed by atoms with Crippen molar-refractivity contribution in [3.8, 4) is 0 Å². The Morgan fingerprint density at radius 3 is 2.82 bits per heavy atom. The molecule has 1 aromatic carbocycles. The second-order valence-corrected chi connectivity index (χ2v) is 4.34. The Kier molecular flexibility index (Phi) is 5.92. The normalized spacial score (nSPS) is 12.4. The number of benzene rings is 1. The van der Waals surface area contributed by atoms with Crippen LogP contribution in [0.5, 0.6) is 0 Å². The molecule has 0 saturated carbocycles. The summed E-state index contributed by atoms with van der Waals surface area (Å²) in [5.74, 6) is -0.117. The molecule has 1 rings (SSSR count). The summed E-state index contributed by atoms with van der Waals surface area (Å²) >= 11 is 0. The maximum Gasteiger partial charge on any atom is 0.126 e. The Bertz CT molecular complexity index is 360. The number of hydrogen-bond donors (Lipinski definition) is 1. The molecule has 0 radical (unpaired) electrons. The highest BCUT2D eigenvalue weighted by atomic mass is 19.1. The van der Waals surface area contributed by atoms with E-state index in [-0.39, 0.29) is 11.9 Å². The third-order valence-corrected chi connectivity index (χ3v) is 2.95. The van der Waals surface area contributed by atoms with E-state index < -0.39 is 0 Å². The van der Waals surface area contributed by atoms with Gasteiger partial charge in [-0.25, -0.2) is 4.39 Å². The van der Waals surface area contributed by atoms with Crippen molar-refractivity contribution < 1.29 is 4.39 Å². The molecule has 0 aromatic heterocycles. The van der Waals surface area contributed by atoms with Gasteiger partial charge in [-0.05, 0) is 49.9 Å². The van der Waals surface area contributed by atoms with E-state index in [0.717, 1.165) is 31.4 Å². The fourth-order valence-electron chi connectivity index (χ4n) is 1.93. The van der Waals surface area contributed by atoms with Crippen LogP contribution in [0, 0.1) is 12.7 Å². The van der Waals surface area contributed by atoms with Gasteiger partial charge in [-0.2, -0.15) is 0 Å². The second kappa shape index (κ2) is 7.23. The van der Waals surface area contributed by atoms with Crippen molar-refractivity contribution in [2.24, 2.45) is 0 Å². The molecule has 0 amide bonds. The zero-order valence-electron chi connectivity index (χ0n) is 10.8. The molecule has 0 fully saturated rings. The van der Waals surface area contributed by atoms with Crippen molar-refractivity contribution >= 4 is 0 Å². The lowest BCUT2D eigenvalue weighted by atomic mass is 9.99. The van der Waals surface area contributed by atoms with E-state index in [9.17, 15) is 4.39 Å². The Morgan fingerprint density at radius 1 is 1.47 bits per heavy atom.